The van der Waals surface area contributed by atoms with Gasteiger partial charge >= 0.3 is 0 Å². The Morgan fingerprint density at radius 2 is 1.77 bits per heavy atom. The molecule has 1 amide bonds. The minimum absolute atomic E-state index is 0.242. The van der Waals surface area contributed by atoms with Crippen molar-refractivity contribution in [2.24, 2.45) is 0 Å². The standard InChI is InChI=1S/C19H19ClN2O3S/c20-16-5-3-4-15(14-16)6-11-19(23)21-17-7-9-18(10-8-17)26(24,25)22-12-1-2-13-22/h3-11,14H,1-2,12-13H2,(H,21,23)/b11-6+. The van der Waals surface area contributed by atoms with Crippen molar-refractivity contribution < 1.29 is 13.2 Å². The largest absolute Gasteiger partial charge is 0.323 e. The maximum Gasteiger partial charge on any atom is 0.248 e. The SMILES string of the molecule is O=C(/C=C/c1cccc(Cl)c1)Nc1ccc(S(=O)(=O)N2CCCC2)cc1. The molecule has 7 heteroatoms. The molecule has 1 fully saturated rings. The number of hydrogen-bond acceptors (Lipinski definition) is 3. The van der Waals surface area contributed by atoms with Crippen LogP contribution < -0.4 is 5.32 Å². The molecule has 1 aliphatic heterocycles. The Bertz CT molecular complexity index is 918. The number of carbonyl (C=O) groups excluding carboxylic acids is 1. The Morgan fingerprint density at radius 1 is 1.08 bits per heavy atom. The molecule has 136 valence electrons. The monoisotopic (exact) mass is 390 g/mol. The van der Waals surface area contributed by atoms with Gasteiger partial charge in [0.05, 0.1) is 4.90 Å². The third-order valence-electron chi connectivity index (χ3n) is 4.10. The molecule has 0 aromatic heterocycles. The molecule has 2 aromatic carbocycles. The first-order chi connectivity index (χ1) is 12.4. The molecule has 3 rings (SSSR count). The van der Waals surface area contributed by atoms with E-state index < -0.39 is 10.0 Å². The van der Waals surface area contributed by atoms with Crippen LogP contribution in [-0.2, 0) is 14.8 Å². The van der Waals surface area contributed by atoms with Gasteiger partial charge in [-0.2, -0.15) is 4.31 Å². The Labute approximate surface area is 158 Å². The molecule has 0 saturated carbocycles. The summed E-state index contributed by atoms with van der Waals surface area (Å²) in [5.74, 6) is -0.305. The minimum Gasteiger partial charge on any atom is -0.323 e. The zero-order valence-electron chi connectivity index (χ0n) is 14.1. The van der Waals surface area contributed by atoms with E-state index in [1.54, 1.807) is 36.4 Å². The highest BCUT2D eigenvalue weighted by molar-refractivity contribution is 7.89. The fraction of sp³-hybridized carbons (Fsp3) is 0.211. The lowest BCUT2D eigenvalue weighted by Crippen LogP contribution is -2.27. The van der Waals surface area contributed by atoms with Crippen molar-refractivity contribution in [1.29, 1.82) is 0 Å². The van der Waals surface area contributed by atoms with Gasteiger partial charge in [0.1, 0.15) is 0 Å². The van der Waals surface area contributed by atoms with Crippen molar-refractivity contribution in [2.45, 2.75) is 17.7 Å². The van der Waals surface area contributed by atoms with E-state index in [9.17, 15) is 13.2 Å². The summed E-state index contributed by atoms with van der Waals surface area (Å²) in [5, 5.41) is 3.31. The van der Waals surface area contributed by atoms with Gasteiger partial charge in [-0.05, 0) is 60.9 Å². The second-order valence-electron chi connectivity index (χ2n) is 6.01. The van der Waals surface area contributed by atoms with Crippen LogP contribution in [0.4, 0.5) is 5.69 Å². The molecule has 0 bridgehead atoms. The van der Waals surface area contributed by atoms with Gasteiger partial charge in [0.15, 0.2) is 0 Å². The fourth-order valence-electron chi connectivity index (χ4n) is 2.75. The van der Waals surface area contributed by atoms with E-state index in [2.05, 4.69) is 5.32 Å². The second kappa shape index (κ2) is 8.03. The quantitative estimate of drug-likeness (QED) is 0.790. The number of nitrogens with zero attached hydrogens (tertiary/aromatic N) is 1. The number of anilines is 1. The van der Waals surface area contributed by atoms with E-state index in [0.29, 0.717) is 23.8 Å². The number of carbonyl (C=O) groups is 1. The van der Waals surface area contributed by atoms with Gasteiger partial charge in [0, 0.05) is 29.9 Å². The summed E-state index contributed by atoms with van der Waals surface area (Å²) in [7, 11) is -3.44. The number of nitrogens with one attached hydrogen (secondary N) is 1. The fourth-order valence-corrected chi connectivity index (χ4v) is 4.47. The molecule has 26 heavy (non-hydrogen) atoms. The Kier molecular flexibility index (Phi) is 5.76. The van der Waals surface area contributed by atoms with Crippen molar-refractivity contribution in [2.75, 3.05) is 18.4 Å². The van der Waals surface area contributed by atoms with Crippen LogP contribution in [0.3, 0.4) is 0 Å². The Balaban J connectivity index is 1.64. The second-order valence-corrected chi connectivity index (χ2v) is 8.39. The summed E-state index contributed by atoms with van der Waals surface area (Å²) in [6.45, 7) is 1.13. The van der Waals surface area contributed by atoms with Crippen LogP contribution in [-0.4, -0.2) is 31.7 Å². The van der Waals surface area contributed by atoms with E-state index in [1.165, 1.54) is 22.5 Å². The summed E-state index contributed by atoms with van der Waals surface area (Å²) < 4.78 is 26.4. The summed E-state index contributed by atoms with van der Waals surface area (Å²) in [6.07, 6.45) is 4.85. The Hall–Kier alpha value is -2.15. The van der Waals surface area contributed by atoms with Crippen LogP contribution in [0.25, 0.3) is 6.08 Å². The zero-order valence-corrected chi connectivity index (χ0v) is 15.6. The number of halogens is 1. The van der Waals surface area contributed by atoms with E-state index in [-0.39, 0.29) is 10.8 Å². The average Bonchev–Trinajstić information content (AvgIpc) is 3.16. The molecule has 1 heterocycles. The maximum atomic E-state index is 12.5. The molecule has 0 radical (unpaired) electrons. The van der Waals surface area contributed by atoms with Crippen LogP contribution in [0.1, 0.15) is 18.4 Å². The lowest BCUT2D eigenvalue weighted by Gasteiger charge is -2.15. The van der Waals surface area contributed by atoms with Crippen LogP contribution in [0, 0.1) is 0 Å². The van der Waals surface area contributed by atoms with Crippen molar-refractivity contribution in [3.8, 4) is 0 Å². The molecule has 0 aliphatic carbocycles. The van der Waals surface area contributed by atoms with Crippen LogP contribution >= 0.6 is 11.6 Å². The third-order valence-corrected chi connectivity index (χ3v) is 6.25. The molecule has 0 atom stereocenters. The van der Waals surface area contributed by atoms with Crippen molar-refractivity contribution in [3.05, 3.63) is 65.2 Å². The molecule has 1 N–H and O–H groups in total. The van der Waals surface area contributed by atoms with Crippen LogP contribution in [0.5, 0.6) is 0 Å². The van der Waals surface area contributed by atoms with Crippen LogP contribution in [0.15, 0.2) is 59.5 Å². The first-order valence-electron chi connectivity index (χ1n) is 8.30. The number of rotatable bonds is 5. The molecule has 0 unspecified atom stereocenters. The van der Waals surface area contributed by atoms with Gasteiger partial charge in [0.25, 0.3) is 0 Å². The Morgan fingerprint density at radius 3 is 2.42 bits per heavy atom. The van der Waals surface area contributed by atoms with Gasteiger partial charge in [-0.1, -0.05) is 23.7 Å². The summed E-state index contributed by atoms with van der Waals surface area (Å²) in [4.78, 5) is 12.2. The predicted octanol–water partition coefficient (Wildman–Crippen LogP) is 3.78. The summed E-state index contributed by atoms with van der Waals surface area (Å²) in [6, 6.07) is 13.4. The highest BCUT2D eigenvalue weighted by atomic mass is 35.5. The first kappa shape index (κ1) is 18.6. The predicted molar refractivity (Wildman–Crippen MR) is 104 cm³/mol. The maximum absolute atomic E-state index is 12.5. The molecule has 1 saturated heterocycles. The zero-order chi connectivity index (χ0) is 18.6. The van der Waals surface area contributed by atoms with Crippen LogP contribution in [0.2, 0.25) is 5.02 Å². The van der Waals surface area contributed by atoms with Crippen molar-refractivity contribution in [3.63, 3.8) is 0 Å². The lowest BCUT2D eigenvalue weighted by atomic mass is 10.2. The van der Waals surface area contributed by atoms with Gasteiger partial charge < -0.3 is 5.32 Å². The van der Waals surface area contributed by atoms with Gasteiger partial charge in [-0.15, -0.1) is 0 Å². The van der Waals surface area contributed by atoms with Crippen molar-refractivity contribution in [1.82, 2.24) is 4.31 Å². The van der Waals surface area contributed by atoms with E-state index in [0.717, 1.165) is 18.4 Å². The summed E-state index contributed by atoms with van der Waals surface area (Å²) in [5.41, 5.74) is 1.35. The molecule has 2 aromatic rings. The molecular weight excluding hydrogens is 372 g/mol. The van der Waals surface area contributed by atoms with Gasteiger partial charge in [0.2, 0.25) is 15.9 Å². The minimum atomic E-state index is -3.44. The van der Waals surface area contributed by atoms with E-state index in [1.807, 2.05) is 6.07 Å². The number of sulfonamides is 1. The smallest absolute Gasteiger partial charge is 0.248 e. The molecular formula is C19H19ClN2O3S. The number of benzene rings is 2. The highest BCUT2D eigenvalue weighted by Gasteiger charge is 2.26. The topological polar surface area (TPSA) is 66.5 Å². The number of amides is 1. The highest BCUT2D eigenvalue weighted by Crippen LogP contribution is 2.22. The molecule has 5 nitrogen and oxygen atoms in total. The number of hydrogen-bond donors (Lipinski definition) is 1. The van der Waals surface area contributed by atoms with E-state index in [4.69, 9.17) is 11.6 Å². The van der Waals surface area contributed by atoms with E-state index >= 15 is 0 Å². The summed E-state index contributed by atoms with van der Waals surface area (Å²) >= 11 is 5.90. The van der Waals surface area contributed by atoms with Crippen molar-refractivity contribution >= 4 is 39.3 Å². The molecule has 1 aliphatic rings. The van der Waals surface area contributed by atoms with Gasteiger partial charge in [-0.25, -0.2) is 8.42 Å². The molecule has 0 spiro atoms. The first-order valence-corrected chi connectivity index (χ1v) is 10.1. The average molecular weight is 391 g/mol. The third kappa shape index (κ3) is 4.52. The van der Waals surface area contributed by atoms with Gasteiger partial charge in [-0.3, -0.25) is 4.79 Å². The normalized spacial score (nSPS) is 15.4. The lowest BCUT2D eigenvalue weighted by molar-refractivity contribution is -0.111.